The Bertz CT molecular complexity index is 638. The molecule has 0 aliphatic rings. The number of hydroxylamine groups is 1. The minimum atomic E-state index is -0.202. The van der Waals surface area contributed by atoms with Crippen molar-refractivity contribution in [1.29, 1.82) is 5.26 Å². The van der Waals surface area contributed by atoms with E-state index in [0.29, 0.717) is 64.8 Å². The molecule has 0 fully saturated rings. The average molecular weight is 422 g/mol. The molecule has 0 spiro atoms. The second kappa shape index (κ2) is 18.3. The topological polar surface area (TPSA) is 139 Å². The van der Waals surface area contributed by atoms with E-state index in [2.05, 4.69) is 26.1 Å². The molecule has 11 nitrogen and oxygen atoms in total. The highest BCUT2D eigenvalue weighted by Crippen LogP contribution is 2.03. The van der Waals surface area contributed by atoms with E-state index in [1.807, 2.05) is 6.19 Å². The van der Waals surface area contributed by atoms with Crippen molar-refractivity contribution in [1.82, 2.24) is 15.8 Å². The average Bonchev–Trinajstić information content (AvgIpc) is 2.75. The first-order valence-electron chi connectivity index (χ1n) is 9.68. The Balaban J connectivity index is 2.02. The zero-order chi connectivity index (χ0) is 21.7. The summed E-state index contributed by atoms with van der Waals surface area (Å²) >= 11 is 0. The van der Waals surface area contributed by atoms with Crippen molar-refractivity contribution in [3.8, 4) is 6.19 Å². The molecule has 0 unspecified atom stereocenters. The number of amides is 1. The molecule has 11 heteroatoms. The summed E-state index contributed by atoms with van der Waals surface area (Å²) in [7, 11) is 1.62. The van der Waals surface area contributed by atoms with Gasteiger partial charge in [-0.05, 0) is 25.0 Å². The molecule has 1 aromatic rings. The standard InChI is InChI=1S/C19H30N6O5/c1-27-10-11-28-12-13-29-14-15-30-25-18(26)4-2-3-7-22-19(23-16-20)24-17-5-8-21-9-6-17/h5-6,8-9H,2-4,7,10-15H2,1H3,(H,25,26)(H2,21,22,23,24). The van der Waals surface area contributed by atoms with Gasteiger partial charge in [0.15, 0.2) is 6.19 Å². The molecule has 0 saturated heterocycles. The van der Waals surface area contributed by atoms with Crippen LogP contribution in [0.4, 0.5) is 5.69 Å². The highest BCUT2D eigenvalue weighted by atomic mass is 16.7. The van der Waals surface area contributed by atoms with Gasteiger partial charge >= 0.3 is 0 Å². The summed E-state index contributed by atoms with van der Waals surface area (Å²) in [5, 5.41) is 14.3. The van der Waals surface area contributed by atoms with Crippen LogP contribution in [0.5, 0.6) is 0 Å². The van der Waals surface area contributed by atoms with Crippen LogP contribution in [0.1, 0.15) is 19.3 Å². The number of nitriles is 1. The first-order valence-corrected chi connectivity index (χ1v) is 9.68. The molecule has 0 bridgehead atoms. The third kappa shape index (κ3) is 14.3. The van der Waals surface area contributed by atoms with Gasteiger partial charge in [-0.2, -0.15) is 5.26 Å². The number of methoxy groups -OCH3 is 1. The number of pyridine rings is 1. The minimum absolute atomic E-state index is 0.202. The first kappa shape index (κ1) is 25.3. The first-order chi connectivity index (χ1) is 14.8. The van der Waals surface area contributed by atoms with Gasteiger partial charge in [-0.3, -0.25) is 24.9 Å². The summed E-state index contributed by atoms with van der Waals surface area (Å²) in [6, 6.07) is 3.53. The molecule has 0 aliphatic carbocycles. The number of hydrogen-bond donors (Lipinski definition) is 3. The predicted octanol–water partition coefficient (Wildman–Crippen LogP) is 0.818. The van der Waals surface area contributed by atoms with E-state index in [9.17, 15) is 4.79 Å². The van der Waals surface area contributed by atoms with E-state index in [-0.39, 0.29) is 12.5 Å². The lowest BCUT2D eigenvalue weighted by Gasteiger charge is -2.08. The molecule has 0 saturated carbocycles. The molecule has 0 radical (unpaired) electrons. The van der Waals surface area contributed by atoms with E-state index >= 15 is 0 Å². The lowest BCUT2D eigenvalue weighted by molar-refractivity contribution is -0.135. The Hall–Kier alpha value is -2.78. The van der Waals surface area contributed by atoms with Gasteiger partial charge in [-0.15, -0.1) is 0 Å². The number of nitrogens with one attached hydrogen (secondary N) is 3. The number of aromatic nitrogens is 1. The highest BCUT2D eigenvalue weighted by Gasteiger charge is 2.02. The molecule has 1 heterocycles. The fraction of sp³-hybridized carbons (Fsp3) is 0.579. The van der Waals surface area contributed by atoms with E-state index in [0.717, 1.165) is 5.69 Å². The largest absolute Gasteiger partial charge is 0.382 e. The second-order valence-corrected chi connectivity index (χ2v) is 5.88. The van der Waals surface area contributed by atoms with Crippen LogP contribution in [0.15, 0.2) is 29.5 Å². The molecule has 3 N–H and O–H groups in total. The van der Waals surface area contributed by atoms with Gasteiger partial charge in [0.2, 0.25) is 11.9 Å². The number of nitrogens with zero attached hydrogens (tertiary/aromatic N) is 3. The van der Waals surface area contributed by atoms with Crippen molar-refractivity contribution in [2.45, 2.75) is 19.3 Å². The monoisotopic (exact) mass is 422 g/mol. The van der Waals surface area contributed by atoms with Crippen LogP contribution >= 0.6 is 0 Å². The van der Waals surface area contributed by atoms with Gasteiger partial charge in [0, 0.05) is 38.2 Å². The molecule has 30 heavy (non-hydrogen) atoms. The van der Waals surface area contributed by atoms with Crippen LogP contribution in [0, 0.1) is 11.5 Å². The summed E-state index contributed by atoms with van der Waals surface area (Å²) in [5.41, 5.74) is 3.15. The maximum Gasteiger partial charge on any atom is 0.243 e. The van der Waals surface area contributed by atoms with E-state index in [1.54, 1.807) is 31.6 Å². The molecule has 1 amide bonds. The fourth-order valence-corrected chi connectivity index (χ4v) is 2.07. The zero-order valence-corrected chi connectivity index (χ0v) is 17.3. The van der Waals surface area contributed by atoms with Crippen LogP contribution in [-0.4, -0.2) is 70.1 Å². The summed E-state index contributed by atoms with van der Waals surface area (Å²) in [6.45, 7) is 3.13. The zero-order valence-electron chi connectivity index (χ0n) is 17.3. The maximum atomic E-state index is 11.7. The summed E-state index contributed by atoms with van der Waals surface area (Å²) in [4.78, 5) is 25.0. The molecular formula is C19H30N6O5. The van der Waals surface area contributed by atoms with Crippen LogP contribution in [0.2, 0.25) is 0 Å². The molecule has 0 aromatic carbocycles. The van der Waals surface area contributed by atoms with Crippen molar-refractivity contribution in [3.05, 3.63) is 24.5 Å². The number of rotatable bonds is 16. The maximum absolute atomic E-state index is 11.7. The molecule has 1 rings (SSSR count). The predicted molar refractivity (Wildman–Crippen MR) is 110 cm³/mol. The van der Waals surface area contributed by atoms with E-state index < -0.39 is 0 Å². The summed E-state index contributed by atoms with van der Waals surface area (Å²) in [6.07, 6.45) is 6.76. The van der Waals surface area contributed by atoms with Gasteiger partial charge < -0.3 is 19.5 Å². The van der Waals surface area contributed by atoms with Crippen molar-refractivity contribution < 1.29 is 23.8 Å². The number of aliphatic imine (C=N–C) groups is 1. The SMILES string of the molecule is COCCOCCOCCONC(=O)CCCCN=C(NC#N)Nc1ccncc1. The number of carbonyl (C=O) groups excluding carboxylic acids is 1. The third-order valence-corrected chi connectivity index (χ3v) is 3.52. The molecule has 1 aromatic heterocycles. The fourth-order valence-electron chi connectivity index (χ4n) is 2.07. The number of unbranched alkanes of at least 4 members (excludes halogenated alkanes) is 1. The number of anilines is 1. The molecule has 0 atom stereocenters. The van der Waals surface area contributed by atoms with E-state index in [4.69, 9.17) is 24.3 Å². The van der Waals surface area contributed by atoms with Gasteiger partial charge in [0.1, 0.15) is 0 Å². The van der Waals surface area contributed by atoms with Crippen molar-refractivity contribution >= 4 is 17.6 Å². The number of guanidine groups is 1. The van der Waals surface area contributed by atoms with Crippen LogP contribution < -0.4 is 16.1 Å². The second-order valence-electron chi connectivity index (χ2n) is 5.88. The van der Waals surface area contributed by atoms with E-state index in [1.165, 1.54) is 0 Å². The van der Waals surface area contributed by atoms with Gasteiger partial charge in [0.25, 0.3) is 0 Å². The van der Waals surface area contributed by atoms with Gasteiger partial charge in [0.05, 0.1) is 39.6 Å². The number of carbonyl (C=O) groups is 1. The Morgan fingerprint density at radius 2 is 1.80 bits per heavy atom. The van der Waals surface area contributed by atoms with Crippen LogP contribution in [0.25, 0.3) is 0 Å². The van der Waals surface area contributed by atoms with Crippen molar-refractivity contribution in [3.63, 3.8) is 0 Å². The third-order valence-electron chi connectivity index (χ3n) is 3.52. The molecule has 166 valence electrons. The lowest BCUT2D eigenvalue weighted by atomic mass is 10.2. The van der Waals surface area contributed by atoms with Crippen LogP contribution in [0.3, 0.4) is 0 Å². The van der Waals surface area contributed by atoms with Crippen LogP contribution in [-0.2, 0) is 23.8 Å². The highest BCUT2D eigenvalue weighted by molar-refractivity contribution is 5.94. The number of ether oxygens (including phenoxy) is 3. The minimum Gasteiger partial charge on any atom is -0.382 e. The number of hydrogen-bond acceptors (Lipinski definition) is 8. The molecular weight excluding hydrogens is 392 g/mol. The summed E-state index contributed by atoms with van der Waals surface area (Å²) < 4.78 is 15.4. The molecule has 0 aliphatic heterocycles. The Morgan fingerprint density at radius 1 is 1.10 bits per heavy atom. The quantitative estimate of drug-likeness (QED) is 0.0882. The smallest absolute Gasteiger partial charge is 0.243 e. The normalized spacial score (nSPS) is 11.0. The lowest BCUT2D eigenvalue weighted by Crippen LogP contribution is -2.27. The van der Waals surface area contributed by atoms with Gasteiger partial charge in [-0.25, -0.2) is 5.48 Å². The van der Waals surface area contributed by atoms with Gasteiger partial charge in [-0.1, -0.05) is 0 Å². The Labute approximate surface area is 176 Å². The van der Waals surface area contributed by atoms with Crippen molar-refractivity contribution in [2.75, 3.05) is 58.6 Å². The Kier molecular flexibility index (Phi) is 15.4. The summed E-state index contributed by atoms with van der Waals surface area (Å²) in [5.74, 6) is 0.146. The Morgan fingerprint density at radius 3 is 2.50 bits per heavy atom. The van der Waals surface area contributed by atoms with Crippen molar-refractivity contribution in [2.24, 2.45) is 4.99 Å².